The normalized spacial score (nSPS) is 16.1. The topological polar surface area (TPSA) is 92.9 Å². The second-order valence-electron chi connectivity index (χ2n) is 8.48. The van der Waals surface area contributed by atoms with Gasteiger partial charge in [-0.3, -0.25) is 14.5 Å². The average molecular weight is 447 g/mol. The molecule has 2 aromatic carbocycles. The summed E-state index contributed by atoms with van der Waals surface area (Å²) < 4.78 is 10.8. The number of ether oxygens (including phenoxy) is 1. The first-order valence-corrected chi connectivity index (χ1v) is 10.8. The molecule has 4 rings (SSSR count). The first-order chi connectivity index (χ1) is 15.8. The molecule has 1 aliphatic rings. The van der Waals surface area contributed by atoms with E-state index in [-0.39, 0.29) is 23.7 Å². The Labute approximate surface area is 192 Å². The first-order valence-electron chi connectivity index (χ1n) is 10.8. The van der Waals surface area contributed by atoms with Gasteiger partial charge >= 0.3 is 0 Å². The maximum absolute atomic E-state index is 13.2. The van der Waals surface area contributed by atoms with Gasteiger partial charge < -0.3 is 14.4 Å². The molecule has 1 atom stereocenters. The molecule has 0 radical (unpaired) electrons. The van der Waals surface area contributed by atoms with Crippen molar-refractivity contribution in [2.24, 2.45) is 5.92 Å². The lowest BCUT2D eigenvalue weighted by Gasteiger charge is -2.28. The van der Waals surface area contributed by atoms with Gasteiger partial charge in [0.05, 0.1) is 24.4 Å². The highest BCUT2D eigenvalue weighted by Crippen LogP contribution is 2.44. The molecule has 0 saturated carbocycles. The molecule has 3 aromatic rings. The number of hydrogen-bond acceptors (Lipinski definition) is 6. The highest BCUT2D eigenvalue weighted by molar-refractivity contribution is 6.16. The standard InChI is InChI=1S/C26H26N2O5/c1-15(2)13-20(29)23-24(19-7-5-6-8-21(19)32-4)28(26(31)25(23)30)18-11-9-17(10-12-18)22-14-16(3)27-33-22/h5-12,14-15,24,30H,13H2,1-4H3. The predicted octanol–water partition coefficient (Wildman–Crippen LogP) is 5.17. The van der Waals surface area contributed by atoms with Crippen LogP contribution in [0.25, 0.3) is 11.3 Å². The molecule has 7 heteroatoms. The summed E-state index contributed by atoms with van der Waals surface area (Å²) in [5.74, 6) is -0.193. The molecule has 0 bridgehead atoms. The van der Waals surface area contributed by atoms with E-state index in [1.54, 1.807) is 24.3 Å². The van der Waals surface area contributed by atoms with Gasteiger partial charge in [-0.2, -0.15) is 0 Å². The van der Waals surface area contributed by atoms with Crippen LogP contribution in [0.3, 0.4) is 0 Å². The number of amides is 1. The van der Waals surface area contributed by atoms with Gasteiger partial charge in [-0.05, 0) is 43.2 Å². The maximum atomic E-state index is 13.2. The van der Waals surface area contributed by atoms with Gasteiger partial charge in [-0.25, -0.2) is 0 Å². The molecule has 0 fully saturated rings. The lowest BCUT2D eigenvalue weighted by Crippen LogP contribution is -2.31. The van der Waals surface area contributed by atoms with Crippen molar-refractivity contribution in [3.05, 3.63) is 77.2 Å². The number of aliphatic hydroxyl groups excluding tert-OH is 1. The van der Waals surface area contributed by atoms with Crippen molar-refractivity contribution in [3.8, 4) is 17.1 Å². The molecule has 1 aromatic heterocycles. The van der Waals surface area contributed by atoms with E-state index in [2.05, 4.69) is 5.16 Å². The molecule has 1 amide bonds. The molecule has 1 aliphatic heterocycles. The fraction of sp³-hybridized carbons (Fsp3) is 0.269. The highest BCUT2D eigenvalue weighted by atomic mass is 16.5. The highest BCUT2D eigenvalue weighted by Gasteiger charge is 2.45. The van der Waals surface area contributed by atoms with Crippen molar-refractivity contribution >= 4 is 17.4 Å². The van der Waals surface area contributed by atoms with Gasteiger partial charge in [0.2, 0.25) is 0 Å². The summed E-state index contributed by atoms with van der Waals surface area (Å²) in [6, 6.07) is 15.4. The van der Waals surface area contributed by atoms with Gasteiger partial charge in [0.15, 0.2) is 17.3 Å². The summed E-state index contributed by atoms with van der Waals surface area (Å²) in [6.07, 6.45) is 0.218. The van der Waals surface area contributed by atoms with Gasteiger partial charge in [-0.1, -0.05) is 37.2 Å². The van der Waals surface area contributed by atoms with Crippen LogP contribution in [0.1, 0.15) is 37.6 Å². The number of methoxy groups -OCH3 is 1. The number of para-hydroxylation sites is 1. The van der Waals surface area contributed by atoms with Crippen LogP contribution < -0.4 is 9.64 Å². The minimum absolute atomic E-state index is 0.0740. The SMILES string of the molecule is COc1ccccc1C1C(C(=O)CC(C)C)=C(O)C(=O)N1c1ccc(-c2cc(C)no2)cc1. The summed E-state index contributed by atoms with van der Waals surface area (Å²) in [5, 5.41) is 14.7. The van der Waals surface area contributed by atoms with Crippen LogP contribution in [0.15, 0.2) is 70.5 Å². The molecule has 33 heavy (non-hydrogen) atoms. The van der Waals surface area contributed by atoms with E-state index in [0.717, 1.165) is 11.3 Å². The lowest BCUT2D eigenvalue weighted by atomic mass is 9.91. The number of aryl methyl sites for hydroxylation is 1. The van der Waals surface area contributed by atoms with Crippen molar-refractivity contribution in [1.82, 2.24) is 5.16 Å². The van der Waals surface area contributed by atoms with Gasteiger partial charge in [0.1, 0.15) is 5.75 Å². The largest absolute Gasteiger partial charge is 0.503 e. The summed E-state index contributed by atoms with van der Waals surface area (Å²) in [4.78, 5) is 27.8. The minimum Gasteiger partial charge on any atom is -0.503 e. The van der Waals surface area contributed by atoms with E-state index in [1.807, 2.05) is 51.1 Å². The lowest BCUT2D eigenvalue weighted by molar-refractivity contribution is -0.118. The van der Waals surface area contributed by atoms with E-state index in [0.29, 0.717) is 22.8 Å². The number of rotatable bonds is 7. The third-order valence-corrected chi connectivity index (χ3v) is 5.59. The molecule has 2 heterocycles. The molecule has 0 saturated heterocycles. The number of carbonyl (C=O) groups is 2. The zero-order valence-corrected chi connectivity index (χ0v) is 19.0. The Morgan fingerprint density at radius 3 is 2.48 bits per heavy atom. The number of nitrogens with zero attached hydrogens (tertiary/aromatic N) is 2. The molecular formula is C26H26N2O5. The zero-order chi connectivity index (χ0) is 23.7. The Morgan fingerprint density at radius 2 is 1.88 bits per heavy atom. The van der Waals surface area contributed by atoms with E-state index in [9.17, 15) is 14.7 Å². The zero-order valence-electron chi connectivity index (χ0n) is 19.0. The van der Waals surface area contributed by atoms with Crippen molar-refractivity contribution in [3.63, 3.8) is 0 Å². The van der Waals surface area contributed by atoms with Gasteiger partial charge in [0.25, 0.3) is 5.91 Å². The number of hydrogen-bond donors (Lipinski definition) is 1. The fourth-order valence-electron chi connectivity index (χ4n) is 4.11. The molecule has 0 aliphatic carbocycles. The van der Waals surface area contributed by atoms with E-state index < -0.39 is 17.7 Å². The number of aliphatic hydroxyl groups is 1. The number of benzene rings is 2. The van der Waals surface area contributed by atoms with Gasteiger partial charge in [0, 0.05) is 29.3 Å². The van der Waals surface area contributed by atoms with Crippen LogP contribution in [-0.2, 0) is 9.59 Å². The van der Waals surface area contributed by atoms with Crippen molar-refractivity contribution < 1.29 is 24.0 Å². The van der Waals surface area contributed by atoms with Crippen LogP contribution in [0, 0.1) is 12.8 Å². The molecule has 1 N–H and O–H groups in total. The van der Waals surface area contributed by atoms with Crippen LogP contribution >= 0.6 is 0 Å². The quantitative estimate of drug-likeness (QED) is 0.538. The molecule has 0 spiro atoms. The van der Waals surface area contributed by atoms with Gasteiger partial charge in [-0.15, -0.1) is 0 Å². The number of anilines is 1. The van der Waals surface area contributed by atoms with Crippen molar-refractivity contribution in [2.45, 2.75) is 33.2 Å². The third kappa shape index (κ3) is 4.14. The monoisotopic (exact) mass is 446 g/mol. The number of aromatic nitrogens is 1. The Morgan fingerprint density at radius 1 is 1.18 bits per heavy atom. The van der Waals surface area contributed by atoms with Crippen LogP contribution in [-0.4, -0.2) is 29.1 Å². The number of Topliss-reactive ketones (excluding diaryl/α,β-unsaturated/α-hetero) is 1. The summed E-state index contributed by atoms with van der Waals surface area (Å²) in [6.45, 7) is 5.68. The summed E-state index contributed by atoms with van der Waals surface area (Å²) in [7, 11) is 1.54. The van der Waals surface area contributed by atoms with E-state index in [4.69, 9.17) is 9.26 Å². The second kappa shape index (κ2) is 8.94. The van der Waals surface area contributed by atoms with Crippen LogP contribution in [0.2, 0.25) is 0 Å². The first kappa shape index (κ1) is 22.3. The smallest absolute Gasteiger partial charge is 0.294 e. The molecule has 7 nitrogen and oxygen atoms in total. The Balaban J connectivity index is 1.81. The predicted molar refractivity (Wildman–Crippen MR) is 124 cm³/mol. The van der Waals surface area contributed by atoms with Crippen molar-refractivity contribution in [1.29, 1.82) is 0 Å². The summed E-state index contributed by atoms with van der Waals surface area (Å²) >= 11 is 0. The second-order valence-corrected chi connectivity index (χ2v) is 8.48. The van der Waals surface area contributed by atoms with Crippen LogP contribution in [0.5, 0.6) is 5.75 Å². The molecular weight excluding hydrogens is 420 g/mol. The Hall–Kier alpha value is -3.87. The number of carbonyl (C=O) groups excluding carboxylic acids is 2. The number of ketones is 1. The third-order valence-electron chi connectivity index (χ3n) is 5.59. The average Bonchev–Trinajstić information content (AvgIpc) is 3.34. The van der Waals surface area contributed by atoms with Crippen LogP contribution in [0.4, 0.5) is 5.69 Å². The van der Waals surface area contributed by atoms with E-state index in [1.165, 1.54) is 12.0 Å². The Kier molecular flexibility index (Phi) is 6.05. The summed E-state index contributed by atoms with van der Waals surface area (Å²) in [5.41, 5.74) is 2.82. The molecule has 170 valence electrons. The van der Waals surface area contributed by atoms with E-state index >= 15 is 0 Å². The Bertz CT molecular complexity index is 1220. The minimum atomic E-state index is -0.807. The maximum Gasteiger partial charge on any atom is 0.294 e. The van der Waals surface area contributed by atoms with Crippen molar-refractivity contribution in [2.75, 3.05) is 12.0 Å². The molecule has 1 unspecified atom stereocenters. The fourth-order valence-corrected chi connectivity index (χ4v) is 4.11.